The number of hydrogen-bond donors (Lipinski definition) is 1. The second-order valence-electron chi connectivity index (χ2n) is 4.39. The van der Waals surface area contributed by atoms with Gasteiger partial charge in [-0.1, -0.05) is 6.07 Å². The molecule has 0 atom stereocenters. The summed E-state index contributed by atoms with van der Waals surface area (Å²) >= 11 is 0. The van der Waals surface area contributed by atoms with E-state index in [-0.39, 0.29) is 11.7 Å². The van der Waals surface area contributed by atoms with Crippen LogP contribution < -0.4 is 11.1 Å². The van der Waals surface area contributed by atoms with Gasteiger partial charge in [-0.05, 0) is 29.8 Å². The van der Waals surface area contributed by atoms with E-state index >= 15 is 0 Å². The molecule has 102 valence electrons. The lowest BCUT2D eigenvalue weighted by Gasteiger charge is -2.03. The Bertz CT molecular complexity index is 811. The van der Waals surface area contributed by atoms with Gasteiger partial charge in [0.15, 0.2) is 11.3 Å². The van der Waals surface area contributed by atoms with Gasteiger partial charge in [-0.15, -0.1) is 0 Å². The van der Waals surface area contributed by atoms with E-state index in [4.69, 9.17) is 8.83 Å². The minimum atomic E-state index is -0.406. The molecule has 3 aromatic rings. The number of aromatic nitrogens is 1. The number of rotatable bonds is 3. The minimum Gasteiger partial charge on any atom is -0.459 e. The van der Waals surface area contributed by atoms with E-state index in [1.807, 2.05) is 6.07 Å². The highest BCUT2D eigenvalue weighted by atomic mass is 16.4. The van der Waals surface area contributed by atoms with Crippen molar-refractivity contribution in [2.24, 2.45) is 7.05 Å². The van der Waals surface area contributed by atoms with Gasteiger partial charge in [0.05, 0.1) is 11.8 Å². The van der Waals surface area contributed by atoms with Crippen LogP contribution in [0.1, 0.15) is 16.1 Å². The molecule has 2 aromatic heterocycles. The first-order chi connectivity index (χ1) is 9.65. The van der Waals surface area contributed by atoms with E-state index in [0.29, 0.717) is 17.6 Å². The van der Waals surface area contributed by atoms with Crippen molar-refractivity contribution in [3.63, 3.8) is 0 Å². The molecule has 2 heterocycles. The number of oxazole rings is 1. The molecule has 0 saturated heterocycles. The predicted molar refractivity (Wildman–Crippen MR) is 71.3 cm³/mol. The molecule has 6 heteroatoms. The number of carbonyl (C=O) groups excluding carboxylic acids is 1. The largest absolute Gasteiger partial charge is 0.459 e. The van der Waals surface area contributed by atoms with Gasteiger partial charge in [0.25, 0.3) is 5.91 Å². The molecule has 1 N–H and O–H groups in total. The predicted octanol–water partition coefficient (Wildman–Crippen LogP) is 1.65. The van der Waals surface area contributed by atoms with Crippen molar-refractivity contribution in [1.29, 1.82) is 0 Å². The lowest BCUT2D eigenvalue weighted by molar-refractivity contribution is 0.0923. The van der Waals surface area contributed by atoms with Crippen LogP contribution in [0, 0.1) is 0 Å². The zero-order valence-corrected chi connectivity index (χ0v) is 10.8. The van der Waals surface area contributed by atoms with Crippen molar-refractivity contribution >= 4 is 17.0 Å². The van der Waals surface area contributed by atoms with Crippen molar-refractivity contribution in [2.45, 2.75) is 6.54 Å². The number of furan rings is 1. The summed E-state index contributed by atoms with van der Waals surface area (Å²) in [5, 5.41) is 2.74. The molecule has 0 saturated carbocycles. The molecule has 0 aliphatic carbocycles. The summed E-state index contributed by atoms with van der Waals surface area (Å²) in [5.41, 5.74) is 2.09. The quantitative estimate of drug-likeness (QED) is 0.786. The molecule has 0 spiro atoms. The molecule has 1 amide bonds. The maximum Gasteiger partial charge on any atom is 0.419 e. The SMILES string of the molecule is Cn1c(=O)oc2ccc(CNC(=O)c3ccco3)cc21. The van der Waals surface area contributed by atoms with Crippen LogP contribution >= 0.6 is 0 Å². The summed E-state index contributed by atoms with van der Waals surface area (Å²) in [5.74, 6) is -0.422. The Morgan fingerprint density at radius 3 is 2.95 bits per heavy atom. The Labute approximate surface area is 113 Å². The summed E-state index contributed by atoms with van der Waals surface area (Å²) < 4.78 is 11.5. The molecule has 6 nitrogen and oxygen atoms in total. The summed E-state index contributed by atoms with van der Waals surface area (Å²) in [6.45, 7) is 0.342. The van der Waals surface area contributed by atoms with Gasteiger partial charge in [-0.2, -0.15) is 0 Å². The third kappa shape index (κ3) is 2.11. The van der Waals surface area contributed by atoms with Crippen LogP contribution in [0.25, 0.3) is 11.1 Å². The van der Waals surface area contributed by atoms with E-state index in [2.05, 4.69) is 5.32 Å². The maximum atomic E-state index is 11.7. The highest BCUT2D eigenvalue weighted by molar-refractivity contribution is 5.91. The van der Waals surface area contributed by atoms with Crippen molar-refractivity contribution in [3.05, 3.63) is 58.5 Å². The zero-order chi connectivity index (χ0) is 14.1. The molecule has 0 fully saturated rings. The fourth-order valence-corrected chi connectivity index (χ4v) is 1.96. The first-order valence-corrected chi connectivity index (χ1v) is 6.05. The van der Waals surface area contributed by atoms with Crippen LogP contribution in [-0.4, -0.2) is 10.5 Å². The third-order valence-corrected chi connectivity index (χ3v) is 3.05. The summed E-state index contributed by atoms with van der Waals surface area (Å²) in [6, 6.07) is 8.57. The minimum absolute atomic E-state index is 0.266. The molecule has 0 unspecified atom stereocenters. The number of hydrogen-bond acceptors (Lipinski definition) is 4. The van der Waals surface area contributed by atoms with Crippen LogP contribution in [0.2, 0.25) is 0 Å². The molecule has 0 bridgehead atoms. The van der Waals surface area contributed by atoms with E-state index < -0.39 is 5.76 Å². The van der Waals surface area contributed by atoms with Crippen molar-refractivity contribution in [3.8, 4) is 0 Å². The molecule has 20 heavy (non-hydrogen) atoms. The number of nitrogens with one attached hydrogen (secondary N) is 1. The third-order valence-electron chi connectivity index (χ3n) is 3.05. The number of fused-ring (bicyclic) bond motifs is 1. The van der Waals surface area contributed by atoms with Gasteiger partial charge in [0.1, 0.15) is 0 Å². The van der Waals surface area contributed by atoms with Gasteiger partial charge < -0.3 is 14.2 Å². The average Bonchev–Trinajstić information content (AvgIpc) is 3.07. The van der Waals surface area contributed by atoms with Crippen LogP contribution in [-0.2, 0) is 13.6 Å². The van der Waals surface area contributed by atoms with E-state index in [0.717, 1.165) is 5.56 Å². The number of nitrogens with zero attached hydrogens (tertiary/aromatic N) is 1. The molecule has 1 aromatic carbocycles. The van der Waals surface area contributed by atoms with Gasteiger partial charge in [0, 0.05) is 13.6 Å². The first-order valence-electron chi connectivity index (χ1n) is 6.05. The number of amides is 1. The fourth-order valence-electron chi connectivity index (χ4n) is 1.96. The van der Waals surface area contributed by atoms with Gasteiger partial charge in [-0.3, -0.25) is 9.36 Å². The lowest BCUT2D eigenvalue weighted by Crippen LogP contribution is -2.22. The second kappa shape index (κ2) is 4.73. The Morgan fingerprint density at radius 2 is 2.20 bits per heavy atom. The highest BCUT2D eigenvalue weighted by Gasteiger charge is 2.09. The van der Waals surface area contributed by atoms with Crippen LogP contribution in [0.15, 0.2) is 50.2 Å². The van der Waals surface area contributed by atoms with Crippen LogP contribution in [0.4, 0.5) is 0 Å². The summed E-state index contributed by atoms with van der Waals surface area (Å²) in [6.07, 6.45) is 1.45. The number of aryl methyl sites for hydroxylation is 1. The molecule has 3 rings (SSSR count). The topological polar surface area (TPSA) is 77.4 Å². The zero-order valence-electron chi connectivity index (χ0n) is 10.8. The van der Waals surface area contributed by atoms with Gasteiger partial charge >= 0.3 is 5.76 Å². The summed E-state index contributed by atoms with van der Waals surface area (Å²) in [7, 11) is 1.64. The Morgan fingerprint density at radius 1 is 1.35 bits per heavy atom. The highest BCUT2D eigenvalue weighted by Crippen LogP contribution is 2.14. The molecule has 0 aliphatic rings. The smallest absolute Gasteiger partial charge is 0.419 e. The normalized spacial score (nSPS) is 10.8. The fraction of sp³-hybridized carbons (Fsp3) is 0.143. The summed E-state index contributed by atoms with van der Waals surface area (Å²) in [4.78, 5) is 23.1. The average molecular weight is 272 g/mol. The Balaban J connectivity index is 1.79. The lowest BCUT2D eigenvalue weighted by atomic mass is 10.2. The standard InChI is InChI=1S/C14H12N2O4/c1-16-10-7-9(4-5-11(10)20-14(16)18)8-15-13(17)12-3-2-6-19-12/h2-7H,8H2,1H3,(H,15,17). The van der Waals surface area contributed by atoms with Crippen LogP contribution in [0.5, 0.6) is 0 Å². The molecular weight excluding hydrogens is 260 g/mol. The Hall–Kier alpha value is -2.76. The number of benzene rings is 1. The van der Waals surface area contributed by atoms with E-state index in [1.165, 1.54) is 10.8 Å². The van der Waals surface area contributed by atoms with Crippen LogP contribution in [0.3, 0.4) is 0 Å². The van der Waals surface area contributed by atoms with Crippen molar-refractivity contribution in [2.75, 3.05) is 0 Å². The number of carbonyl (C=O) groups is 1. The molecule has 0 aliphatic heterocycles. The van der Waals surface area contributed by atoms with Crippen molar-refractivity contribution < 1.29 is 13.6 Å². The Kier molecular flexibility index (Phi) is 2.90. The van der Waals surface area contributed by atoms with Gasteiger partial charge in [0.2, 0.25) is 0 Å². The van der Waals surface area contributed by atoms with E-state index in [1.54, 1.807) is 31.3 Å². The molecule has 0 radical (unpaired) electrons. The maximum absolute atomic E-state index is 11.7. The van der Waals surface area contributed by atoms with Gasteiger partial charge in [-0.25, -0.2) is 4.79 Å². The monoisotopic (exact) mass is 272 g/mol. The second-order valence-corrected chi connectivity index (χ2v) is 4.39. The first kappa shape index (κ1) is 12.3. The van der Waals surface area contributed by atoms with Crippen molar-refractivity contribution in [1.82, 2.24) is 9.88 Å². The molecular formula is C14H12N2O4. The van der Waals surface area contributed by atoms with E-state index in [9.17, 15) is 9.59 Å².